The third kappa shape index (κ3) is 4.52. The van der Waals surface area contributed by atoms with E-state index in [1.807, 2.05) is 30.3 Å². The second-order valence-corrected chi connectivity index (χ2v) is 7.88. The van der Waals surface area contributed by atoms with Gasteiger partial charge in [-0.1, -0.05) is 49.6 Å². The van der Waals surface area contributed by atoms with Crippen molar-refractivity contribution in [3.63, 3.8) is 0 Å². The van der Waals surface area contributed by atoms with Crippen molar-refractivity contribution in [3.8, 4) is 0 Å². The van der Waals surface area contributed by atoms with Crippen LogP contribution in [0.25, 0.3) is 0 Å². The lowest BCUT2D eigenvalue weighted by Gasteiger charge is -2.36. The van der Waals surface area contributed by atoms with Gasteiger partial charge in [0.15, 0.2) is 11.5 Å². The molecule has 1 aromatic carbocycles. The quantitative estimate of drug-likeness (QED) is 0.471. The number of carboxylic acids is 2. The maximum absolute atomic E-state index is 13.6. The Hall–Kier alpha value is -3.43. The van der Waals surface area contributed by atoms with Crippen LogP contribution in [0.15, 0.2) is 35.3 Å². The summed E-state index contributed by atoms with van der Waals surface area (Å²) in [4.78, 5) is 53.7. The van der Waals surface area contributed by atoms with Gasteiger partial charge in [0, 0.05) is 0 Å². The summed E-state index contributed by atoms with van der Waals surface area (Å²) in [6.07, 6.45) is 3.85. The summed E-state index contributed by atoms with van der Waals surface area (Å²) in [5.74, 6) is -4.28. The van der Waals surface area contributed by atoms with Gasteiger partial charge in [-0.15, -0.1) is 0 Å². The van der Waals surface area contributed by atoms with Crippen LogP contribution in [0.2, 0.25) is 0 Å². The fraction of sp³-hybridized carbons (Fsp3) is 0.476. The minimum Gasteiger partial charge on any atom is -0.481 e. The van der Waals surface area contributed by atoms with Gasteiger partial charge in [-0.25, -0.2) is 9.79 Å². The average molecular weight is 430 g/mol. The highest BCUT2D eigenvalue weighted by Crippen LogP contribution is 2.46. The molecule has 1 aliphatic carbocycles. The van der Waals surface area contributed by atoms with Crippen LogP contribution in [-0.4, -0.2) is 57.4 Å². The standard InChI is InChI=1S/C21H26N4O6/c22-20-24-21(13-7-3-1-4-8-13,14-9-5-2-6-10-14)19(31)25(20)12-16(26)23-15(18(29)30)11-17(27)28/h1,3-4,7-8,14-15H,2,5-6,9-12H2,(H2,22,24)(H,23,26)(H,27,28)(H,29,30)/t15-,21?/m0/s1. The van der Waals surface area contributed by atoms with Crippen LogP contribution in [0.3, 0.4) is 0 Å². The summed E-state index contributed by atoms with van der Waals surface area (Å²) in [6.45, 7) is -0.543. The number of carbonyl (C=O) groups excluding carboxylic acids is 2. The van der Waals surface area contributed by atoms with Crippen molar-refractivity contribution in [2.75, 3.05) is 6.54 Å². The van der Waals surface area contributed by atoms with Gasteiger partial charge in [0.05, 0.1) is 6.42 Å². The van der Waals surface area contributed by atoms with E-state index < -0.39 is 48.3 Å². The first-order valence-corrected chi connectivity index (χ1v) is 10.2. The number of carbonyl (C=O) groups is 4. The minimum absolute atomic E-state index is 0.0680. The molecule has 5 N–H and O–H groups in total. The van der Waals surface area contributed by atoms with Crippen LogP contribution < -0.4 is 11.1 Å². The normalized spacial score (nSPS) is 22.6. The lowest BCUT2D eigenvalue weighted by atomic mass is 9.71. The van der Waals surface area contributed by atoms with E-state index in [-0.39, 0.29) is 11.9 Å². The van der Waals surface area contributed by atoms with E-state index >= 15 is 0 Å². The van der Waals surface area contributed by atoms with Crippen molar-refractivity contribution in [3.05, 3.63) is 35.9 Å². The Kier molecular flexibility index (Phi) is 6.57. The van der Waals surface area contributed by atoms with Crippen molar-refractivity contribution in [2.24, 2.45) is 16.6 Å². The molecule has 0 bridgehead atoms. The Morgan fingerprint density at radius 2 is 1.81 bits per heavy atom. The highest BCUT2D eigenvalue weighted by molar-refractivity contribution is 6.09. The first-order valence-electron chi connectivity index (χ1n) is 10.2. The number of carboxylic acid groups (broad SMARTS) is 2. The third-order valence-electron chi connectivity index (χ3n) is 5.86. The van der Waals surface area contributed by atoms with E-state index in [1.165, 1.54) is 0 Å². The summed E-state index contributed by atoms with van der Waals surface area (Å²) >= 11 is 0. The van der Waals surface area contributed by atoms with Gasteiger partial charge in [-0.3, -0.25) is 19.3 Å². The molecule has 2 aliphatic rings. The van der Waals surface area contributed by atoms with Crippen LogP contribution in [0.1, 0.15) is 44.1 Å². The molecule has 0 spiro atoms. The summed E-state index contributed by atoms with van der Waals surface area (Å²) < 4.78 is 0. The van der Waals surface area contributed by atoms with Crippen LogP contribution >= 0.6 is 0 Å². The first-order chi connectivity index (χ1) is 14.8. The fourth-order valence-corrected chi connectivity index (χ4v) is 4.41. The molecule has 1 aromatic rings. The number of nitrogens with zero attached hydrogens (tertiary/aromatic N) is 2. The number of hydrogen-bond acceptors (Lipinski definition) is 6. The summed E-state index contributed by atoms with van der Waals surface area (Å²) in [5, 5.41) is 20.1. The van der Waals surface area contributed by atoms with Gasteiger partial charge >= 0.3 is 11.9 Å². The molecule has 0 aromatic heterocycles. The minimum atomic E-state index is -1.61. The zero-order valence-corrected chi connectivity index (χ0v) is 17.0. The van der Waals surface area contributed by atoms with Gasteiger partial charge in [-0.05, 0) is 24.3 Å². The van der Waals surface area contributed by atoms with Gasteiger partial charge in [0.1, 0.15) is 12.6 Å². The SMILES string of the molecule is NC1=NC(c2ccccc2)(C2CCCCC2)C(=O)N1CC(=O)N[C@@H](CC(=O)O)C(=O)O. The number of amides is 2. The Bertz CT molecular complexity index is 896. The predicted molar refractivity (Wildman–Crippen MR) is 110 cm³/mol. The number of nitrogens with one attached hydrogen (secondary N) is 1. The molecule has 1 saturated carbocycles. The summed E-state index contributed by atoms with van der Waals surface area (Å²) in [5.41, 5.74) is 5.55. The van der Waals surface area contributed by atoms with Gasteiger partial charge in [0.25, 0.3) is 5.91 Å². The lowest BCUT2D eigenvalue weighted by Crippen LogP contribution is -2.52. The molecule has 1 aliphatic heterocycles. The van der Waals surface area contributed by atoms with E-state index in [4.69, 9.17) is 15.9 Å². The number of aliphatic carboxylic acids is 2. The largest absolute Gasteiger partial charge is 0.481 e. The second-order valence-electron chi connectivity index (χ2n) is 7.88. The summed E-state index contributed by atoms with van der Waals surface area (Å²) in [7, 11) is 0. The van der Waals surface area contributed by atoms with Crippen molar-refractivity contribution in [1.29, 1.82) is 0 Å². The molecular weight excluding hydrogens is 404 g/mol. The lowest BCUT2D eigenvalue weighted by molar-refractivity contribution is -0.147. The number of aliphatic imine (C=N–C) groups is 1. The van der Waals surface area contributed by atoms with Crippen LogP contribution in [0, 0.1) is 5.92 Å². The number of hydrogen-bond donors (Lipinski definition) is 4. The molecule has 1 fully saturated rings. The van der Waals surface area contributed by atoms with Crippen LogP contribution in [0.4, 0.5) is 0 Å². The molecule has 1 heterocycles. The van der Waals surface area contributed by atoms with Gasteiger partial charge in [-0.2, -0.15) is 0 Å². The van der Waals surface area contributed by atoms with E-state index in [1.54, 1.807) is 0 Å². The van der Waals surface area contributed by atoms with Crippen molar-refractivity contribution >= 4 is 29.7 Å². The molecule has 3 rings (SSSR count). The van der Waals surface area contributed by atoms with Crippen molar-refractivity contribution in [2.45, 2.75) is 50.1 Å². The smallest absolute Gasteiger partial charge is 0.326 e. The second kappa shape index (κ2) is 9.15. The number of rotatable bonds is 8. The molecule has 2 amide bonds. The predicted octanol–water partition coefficient (Wildman–Crippen LogP) is 0.663. The molecular formula is C21H26N4O6. The Balaban J connectivity index is 1.85. The summed E-state index contributed by atoms with van der Waals surface area (Å²) in [6, 6.07) is 7.50. The van der Waals surface area contributed by atoms with Crippen molar-refractivity contribution in [1.82, 2.24) is 10.2 Å². The molecule has 10 nitrogen and oxygen atoms in total. The van der Waals surface area contributed by atoms with E-state index in [0.29, 0.717) is 5.56 Å². The highest BCUT2D eigenvalue weighted by Gasteiger charge is 2.54. The van der Waals surface area contributed by atoms with Crippen LogP contribution in [0.5, 0.6) is 0 Å². The number of benzene rings is 1. The van der Waals surface area contributed by atoms with Gasteiger partial charge < -0.3 is 21.3 Å². The van der Waals surface area contributed by atoms with E-state index in [9.17, 15) is 19.2 Å². The zero-order valence-electron chi connectivity index (χ0n) is 17.0. The Morgan fingerprint density at radius 3 is 2.39 bits per heavy atom. The topological polar surface area (TPSA) is 162 Å². The maximum atomic E-state index is 13.6. The average Bonchev–Trinajstić information content (AvgIpc) is 2.99. The number of guanidine groups is 1. The van der Waals surface area contributed by atoms with E-state index in [2.05, 4.69) is 10.3 Å². The number of nitrogens with two attached hydrogens (primary N) is 1. The third-order valence-corrected chi connectivity index (χ3v) is 5.86. The van der Waals surface area contributed by atoms with Gasteiger partial charge in [0.2, 0.25) is 5.91 Å². The molecule has 10 heteroatoms. The highest BCUT2D eigenvalue weighted by atomic mass is 16.4. The molecule has 1 unspecified atom stereocenters. The molecule has 0 saturated heterocycles. The maximum Gasteiger partial charge on any atom is 0.326 e. The molecule has 0 radical (unpaired) electrons. The van der Waals surface area contributed by atoms with Crippen molar-refractivity contribution < 1.29 is 29.4 Å². The van der Waals surface area contributed by atoms with Crippen LogP contribution in [-0.2, 0) is 24.7 Å². The molecule has 31 heavy (non-hydrogen) atoms. The molecule has 166 valence electrons. The Morgan fingerprint density at radius 1 is 1.16 bits per heavy atom. The monoisotopic (exact) mass is 430 g/mol. The Labute approximate surface area is 179 Å². The zero-order chi connectivity index (χ0) is 22.6. The first kappa shape index (κ1) is 22.3. The molecule has 2 atom stereocenters. The van der Waals surface area contributed by atoms with E-state index in [0.717, 1.165) is 37.0 Å². The fourth-order valence-electron chi connectivity index (χ4n) is 4.41.